The molecule has 0 unspecified atom stereocenters. The predicted molar refractivity (Wildman–Crippen MR) is 76.1 cm³/mol. The average molecular weight is 337 g/mol. The molecule has 2 aromatic rings. The van der Waals surface area contributed by atoms with Crippen molar-refractivity contribution in [1.82, 2.24) is 4.98 Å². The molecule has 0 aliphatic rings. The Morgan fingerprint density at radius 1 is 1.37 bits per heavy atom. The summed E-state index contributed by atoms with van der Waals surface area (Å²) < 4.78 is 0.794. The van der Waals surface area contributed by atoms with Crippen molar-refractivity contribution in [3.63, 3.8) is 0 Å². The molecule has 4 nitrogen and oxygen atoms in total. The van der Waals surface area contributed by atoms with Crippen molar-refractivity contribution < 1.29 is 4.79 Å². The van der Waals surface area contributed by atoms with Crippen molar-refractivity contribution in [3.8, 4) is 6.07 Å². The molecule has 0 bridgehead atoms. The van der Waals surface area contributed by atoms with Crippen LogP contribution in [-0.4, -0.2) is 10.9 Å². The van der Waals surface area contributed by atoms with Crippen LogP contribution in [0.3, 0.4) is 0 Å². The highest BCUT2D eigenvalue weighted by Gasteiger charge is 2.08. The second-order valence-corrected chi connectivity index (χ2v) is 4.95. The van der Waals surface area contributed by atoms with Crippen LogP contribution >= 0.6 is 27.5 Å². The van der Waals surface area contributed by atoms with E-state index in [0.717, 1.165) is 4.47 Å². The number of anilines is 1. The molecule has 2 rings (SSSR count). The Kier molecular flexibility index (Phi) is 4.15. The summed E-state index contributed by atoms with van der Waals surface area (Å²) in [4.78, 5) is 15.9. The van der Waals surface area contributed by atoms with Gasteiger partial charge in [0.1, 0.15) is 11.8 Å². The van der Waals surface area contributed by atoms with Crippen molar-refractivity contribution in [2.45, 2.75) is 0 Å². The lowest BCUT2D eigenvalue weighted by Crippen LogP contribution is -2.13. The largest absolute Gasteiger partial charge is 0.321 e. The number of halogens is 2. The zero-order valence-electron chi connectivity index (χ0n) is 9.52. The number of carbonyl (C=O) groups excluding carboxylic acids is 1. The van der Waals surface area contributed by atoms with Gasteiger partial charge in [-0.2, -0.15) is 5.26 Å². The van der Waals surface area contributed by atoms with E-state index >= 15 is 0 Å². The van der Waals surface area contributed by atoms with E-state index in [1.807, 2.05) is 6.07 Å². The number of amides is 1. The fourth-order valence-corrected chi connectivity index (χ4v) is 1.79. The monoisotopic (exact) mass is 335 g/mol. The van der Waals surface area contributed by atoms with Gasteiger partial charge in [0.15, 0.2) is 0 Å². The molecule has 1 aromatic carbocycles. The summed E-state index contributed by atoms with van der Waals surface area (Å²) in [6.07, 6.45) is 1.54. The SMILES string of the molecule is N#Cc1cc(NC(=O)c2ccc(Br)cn2)ccc1Cl. The minimum absolute atomic E-state index is 0.289. The topological polar surface area (TPSA) is 65.8 Å². The summed E-state index contributed by atoms with van der Waals surface area (Å²) in [7, 11) is 0. The lowest BCUT2D eigenvalue weighted by molar-refractivity contribution is 0.102. The molecule has 6 heteroatoms. The summed E-state index contributed by atoms with van der Waals surface area (Å²) in [5.41, 5.74) is 1.09. The molecular weight excluding hydrogens is 330 g/mol. The number of nitriles is 1. The molecule has 0 fully saturated rings. The number of pyridine rings is 1. The minimum Gasteiger partial charge on any atom is -0.321 e. The number of rotatable bonds is 2. The van der Waals surface area contributed by atoms with Crippen LogP contribution in [0, 0.1) is 11.3 Å². The smallest absolute Gasteiger partial charge is 0.274 e. The highest BCUT2D eigenvalue weighted by atomic mass is 79.9. The molecule has 1 N–H and O–H groups in total. The second-order valence-electron chi connectivity index (χ2n) is 3.62. The van der Waals surface area contributed by atoms with Gasteiger partial charge in [-0.05, 0) is 46.3 Å². The first-order valence-electron chi connectivity index (χ1n) is 5.22. The summed E-state index contributed by atoms with van der Waals surface area (Å²) in [6, 6.07) is 9.97. The molecule has 0 aliphatic carbocycles. The van der Waals surface area contributed by atoms with Crippen LogP contribution < -0.4 is 5.32 Å². The summed E-state index contributed by atoms with van der Waals surface area (Å²) in [5, 5.41) is 11.9. The number of benzene rings is 1. The quantitative estimate of drug-likeness (QED) is 0.911. The van der Waals surface area contributed by atoms with Gasteiger partial charge in [-0.3, -0.25) is 4.79 Å². The molecule has 0 aliphatic heterocycles. The average Bonchev–Trinajstić information content (AvgIpc) is 2.41. The molecule has 19 heavy (non-hydrogen) atoms. The molecule has 0 saturated heterocycles. The number of carbonyl (C=O) groups is 1. The molecule has 1 amide bonds. The Bertz CT molecular complexity index is 665. The molecule has 1 aromatic heterocycles. The first kappa shape index (κ1) is 13.5. The van der Waals surface area contributed by atoms with Crippen LogP contribution in [0.5, 0.6) is 0 Å². The van der Waals surface area contributed by atoms with Crippen molar-refractivity contribution >= 4 is 39.1 Å². The number of nitrogens with zero attached hydrogens (tertiary/aromatic N) is 2. The summed E-state index contributed by atoms with van der Waals surface area (Å²) in [5.74, 6) is -0.348. The summed E-state index contributed by atoms with van der Waals surface area (Å²) >= 11 is 9.06. The highest BCUT2D eigenvalue weighted by Crippen LogP contribution is 2.20. The number of hydrogen-bond donors (Lipinski definition) is 1. The van der Waals surface area contributed by atoms with Gasteiger partial charge in [0.25, 0.3) is 5.91 Å². The van der Waals surface area contributed by atoms with Gasteiger partial charge in [-0.25, -0.2) is 4.98 Å². The van der Waals surface area contributed by atoms with Crippen molar-refractivity contribution in [3.05, 3.63) is 57.3 Å². The number of nitrogens with one attached hydrogen (secondary N) is 1. The van der Waals surface area contributed by atoms with Crippen LogP contribution in [0.15, 0.2) is 41.0 Å². The third kappa shape index (κ3) is 3.31. The fraction of sp³-hybridized carbons (Fsp3) is 0. The van der Waals surface area contributed by atoms with Crippen LogP contribution in [0.4, 0.5) is 5.69 Å². The second kappa shape index (κ2) is 5.83. The standard InChI is InChI=1S/C13H7BrClN3O/c14-9-1-4-12(17-7-9)13(19)18-10-2-3-11(15)8(5-10)6-16/h1-5,7H,(H,18,19). The fourth-order valence-electron chi connectivity index (χ4n) is 1.39. The third-order valence-corrected chi connectivity index (χ3v) is 3.10. The maximum Gasteiger partial charge on any atom is 0.274 e. The van der Waals surface area contributed by atoms with Gasteiger partial charge in [0.05, 0.1) is 10.6 Å². The van der Waals surface area contributed by atoms with Crippen LogP contribution in [0.1, 0.15) is 16.1 Å². The maximum absolute atomic E-state index is 11.9. The Morgan fingerprint density at radius 2 is 2.16 bits per heavy atom. The van der Waals surface area contributed by atoms with Crippen LogP contribution in [0.2, 0.25) is 5.02 Å². The van der Waals surface area contributed by atoms with E-state index in [9.17, 15) is 4.79 Å². The Hall–Kier alpha value is -1.90. The predicted octanol–water partition coefficient (Wildman–Crippen LogP) is 3.62. The van der Waals surface area contributed by atoms with Crippen LogP contribution in [-0.2, 0) is 0 Å². The van der Waals surface area contributed by atoms with Gasteiger partial charge >= 0.3 is 0 Å². The van der Waals surface area contributed by atoms with E-state index < -0.39 is 0 Å². The van der Waals surface area contributed by atoms with Gasteiger partial charge in [0.2, 0.25) is 0 Å². The van der Waals surface area contributed by atoms with E-state index in [1.54, 1.807) is 24.3 Å². The number of aromatic nitrogens is 1. The first-order valence-corrected chi connectivity index (χ1v) is 6.40. The lowest BCUT2D eigenvalue weighted by atomic mass is 10.2. The number of hydrogen-bond acceptors (Lipinski definition) is 3. The summed E-state index contributed by atoms with van der Waals surface area (Å²) in [6.45, 7) is 0. The Balaban J connectivity index is 2.20. The van der Waals surface area contributed by atoms with Crippen LogP contribution in [0.25, 0.3) is 0 Å². The van der Waals surface area contributed by atoms with E-state index in [1.165, 1.54) is 12.3 Å². The molecular formula is C13H7BrClN3O. The minimum atomic E-state index is -0.348. The van der Waals surface area contributed by atoms with Gasteiger partial charge < -0.3 is 5.32 Å². The van der Waals surface area contributed by atoms with Gasteiger partial charge in [-0.1, -0.05) is 11.6 Å². The van der Waals surface area contributed by atoms with Crippen molar-refractivity contribution in [1.29, 1.82) is 5.26 Å². The van der Waals surface area contributed by atoms with E-state index in [-0.39, 0.29) is 11.6 Å². The molecule has 94 valence electrons. The lowest BCUT2D eigenvalue weighted by Gasteiger charge is -2.05. The van der Waals surface area contributed by atoms with Crippen molar-refractivity contribution in [2.75, 3.05) is 5.32 Å². The molecule has 0 atom stereocenters. The Labute approximate surface area is 123 Å². The van der Waals surface area contributed by atoms with Gasteiger partial charge in [0, 0.05) is 16.4 Å². The molecule has 0 saturated carbocycles. The maximum atomic E-state index is 11.9. The normalized spacial score (nSPS) is 9.74. The first-order chi connectivity index (χ1) is 9.10. The molecule has 0 spiro atoms. The Morgan fingerprint density at radius 3 is 2.79 bits per heavy atom. The van der Waals surface area contributed by atoms with E-state index in [4.69, 9.17) is 16.9 Å². The van der Waals surface area contributed by atoms with E-state index in [0.29, 0.717) is 16.3 Å². The van der Waals surface area contributed by atoms with E-state index in [2.05, 4.69) is 26.2 Å². The zero-order valence-corrected chi connectivity index (χ0v) is 11.9. The zero-order chi connectivity index (χ0) is 13.8. The van der Waals surface area contributed by atoms with Gasteiger partial charge in [-0.15, -0.1) is 0 Å². The molecule has 0 radical (unpaired) electrons. The van der Waals surface area contributed by atoms with Crippen molar-refractivity contribution in [2.24, 2.45) is 0 Å². The molecule has 1 heterocycles. The highest BCUT2D eigenvalue weighted by molar-refractivity contribution is 9.10. The third-order valence-electron chi connectivity index (χ3n) is 2.30.